The Labute approximate surface area is 150 Å². The van der Waals surface area contributed by atoms with Gasteiger partial charge in [0.15, 0.2) is 16.4 Å². The highest BCUT2D eigenvalue weighted by atomic mass is 32.2. The molecule has 0 saturated carbocycles. The van der Waals surface area contributed by atoms with Crippen molar-refractivity contribution in [1.82, 2.24) is 4.31 Å². The normalized spacial score (nSPS) is 20.3. The highest BCUT2D eigenvalue weighted by molar-refractivity contribution is 7.89. The van der Waals surface area contributed by atoms with Crippen LogP contribution in [-0.2, 0) is 10.0 Å². The predicted molar refractivity (Wildman–Crippen MR) is 89.7 cm³/mol. The molecule has 0 amide bonds. The Bertz CT molecular complexity index is 928. The topological polar surface area (TPSA) is 55.8 Å². The minimum atomic E-state index is -4.31. The zero-order valence-corrected chi connectivity index (χ0v) is 14.6. The predicted octanol–water partition coefficient (Wildman–Crippen LogP) is 3.26. The molecule has 8 heteroatoms. The second kappa shape index (κ2) is 6.51. The monoisotopic (exact) mass is 381 g/mol. The maximum atomic E-state index is 14.1. The standard InChI is InChI=1S/C18H17F2NO4S/c19-13-3-1-4-14(20)18(13)26(22,23)21-8-2-5-15(21)12-6-7-16-17(11-12)25-10-9-24-16/h1,3-4,6-7,11,15H,2,5,8-10H2/t15-/m0/s1. The van der Waals surface area contributed by atoms with Crippen LogP contribution in [0.3, 0.4) is 0 Å². The van der Waals surface area contributed by atoms with E-state index in [1.165, 1.54) is 4.31 Å². The zero-order valence-electron chi connectivity index (χ0n) is 13.8. The summed E-state index contributed by atoms with van der Waals surface area (Å²) in [6, 6.07) is 7.78. The molecular weight excluding hydrogens is 364 g/mol. The van der Waals surface area contributed by atoms with Gasteiger partial charge in [0, 0.05) is 6.54 Å². The van der Waals surface area contributed by atoms with Crippen LogP contribution in [-0.4, -0.2) is 32.5 Å². The Hall–Kier alpha value is -2.19. The van der Waals surface area contributed by atoms with Gasteiger partial charge in [-0.25, -0.2) is 17.2 Å². The number of rotatable bonds is 3. The molecular formula is C18H17F2NO4S. The van der Waals surface area contributed by atoms with E-state index < -0.39 is 32.6 Å². The van der Waals surface area contributed by atoms with Crippen LogP contribution in [0.4, 0.5) is 8.78 Å². The van der Waals surface area contributed by atoms with Crippen molar-refractivity contribution in [2.24, 2.45) is 0 Å². The van der Waals surface area contributed by atoms with E-state index in [-0.39, 0.29) is 6.54 Å². The minimum absolute atomic E-state index is 0.204. The van der Waals surface area contributed by atoms with Gasteiger partial charge in [0.05, 0.1) is 6.04 Å². The van der Waals surface area contributed by atoms with E-state index in [0.717, 1.165) is 18.2 Å². The Morgan fingerprint density at radius 2 is 1.69 bits per heavy atom. The summed E-state index contributed by atoms with van der Waals surface area (Å²) in [5.41, 5.74) is 0.715. The molecule has 0 spiro atoms. The summed E-state index contributed by atoms with van der Waals surface area (Å²) < 4.78 is 66.2. The molecule has 26 heavy (non-hydrogen) atoms. The lowest BCUT2D eigenvalue weighted by atomic mass is 10.0. The molecule has 0 bridgehead atoms. The van der Waals surface area contributed by atoms with E-state index in [4.69, 9.17) is 9.47 Å². The molecule has 5 nitrogen and oxygen atoms in total. The lowest BCUT2D eigenvalue weighted by molar-refractivity contribution is 0.171. The van der Waals surface area contributed by atoms with Gasteiger partial charge in [-0.3, -0.25) is 0 Å². The van der Waals surface area contributed by atoms with Crippen molar-refractivity contribution in [3.05, 3.63) is 53.6 Å². The van der Waals surface area contributed by atoms with Crippen LogP contribution < -0.4 is 9.47 Å². The van der Waals surface area contributed by atoms with Crippen molar-refractivity contribution >= 4 is 10.0 Å². The van der Waals surface area contributed by atoms with Crippen molar-refractivity contribution < 1.29 is 26.7 Å². The summed E-state index contributed by atoms with van der Waals surface area (Å²) in [6.45, 7) is 1.08. The summed E-state index contributed by atoms with van der Waals surface area (Å²) in [4.78, 5) is -0.899. The van der Waals surface area contributed by atoms with Crippen LogP contribution in [0.2, 0.25) is 0 Å². The summed E-state index contributed by atoms with van der Waals surface area (Å²) in [5, 5.41) is 0. The SMILES string of the molecule is O=S(=O)(c1c(F)cccc1F)N1CCC[C@H]1c1ccc2c(c1)OCCO2. The zero-order chi connectivity index (χ0) is 18.3. The first-order valence-corrected chi connectivity index (χ1v) is 9.78. The molecule has 0 unspecified atom stereocenters. The molecule has 1 saturated heterocycles. The minimum Gasteiger partial charge on any atom is -0.486 e. The van der Waals surface area contributed by atoms with Gasteiger partial charge < -0.3 is 9.47 Å². The van der Waals surface area contributed by atoms with Crippen LogP contribution in [0, 0.1) is 11.6 Å². The van der Waals surface area contributed by atoms with Gasteiger partial charge >= 0.3 is 0 Å². The summed E-state index contributed by atoms with van der Waals surface area (Å²) in [7, 11) is -4.31. The van der Waals surface area contributed by atoms with E-state index in [0.29, 0.717) is 43.1 Å². The molecule has 4 rings (SSSR count). The average Bonchev–Trinajstić information content (AvgIpc) is 3.11. The average molecular weight is 381 g/mol. The first-order chi connectivity index (χ1) is 12.5. The lowest BCUT2D eigenvalue weighted by Crippen LogP contribution is -2.32. The Balaban J connectivity index is 1.73. The van der Waals surface area contributed by atoms with Gasteiger partial charge in [0.2, 0.25) is 10.0 Å². The van der Waals surface area contributed by atoms with Gasteiger partial charge in [-0.05, 0) is 42.7 Å². The third-order valence-electron chi connectivity index (χ3n) is 4.64. The van der Waals surface area contributed by atoms with Crippen molar-refractivity contribution in [3.63, 3.8) is 0 Å². The van der Waals surface area contributed by atoms with E-state index >= 15 is 0 Å². The number of sulfonamides is 1. The Morgan fingerprint density at radius 3 is 2.42 bits per heavy atom. The van der Waals surface area contributed by atoms with Crippen molar-refractivity contribution in [3.8, 4) is 11.5 Å². The number of benzene rings is 2. The van der Waals surface area contributed by atoms with Crippen molar-refractivity contribution in [2.75, 3.05) is 19.8 Å². The van der Waals surface area contributed by atoms with E-state index in [1.807, 2.05) is 0 Å². The number of halogens is 2. The molecule has 2 aliphatic rings. The Morgan fingerprint density at radius 1 is 1.00 bits per heavy atom. The third-order valence-corrected chi connectivity index (χ3v) is 6.60. The first kappa shape index (κ1) is 17.2. The maximum Gasteiger partial charge on any atom is 0.249 e. The largest absolute Gasteiger partial charge is 0.486 e. The van der Waals surface area contributed by atoms with Gasteiger partial charge in [0.25, 0.3) is 0 Å². The van der Waals surface area contributed by atoms with Crippen LogP contribution >= 0.6 is 0 Å². The molecule has 0 aliphatic carbocycles. The van der Waals surface area contributed by atoms with Crippen molar-refractivity contribution in [1.29, 1.82) is 0 Å². The van der Waals surface area contributed by atoms with Gasteiger partial charge in [-0.2, -0.15) is 4.31 Å². The number of hydrogen-bond donors (Lipinski definition) is 0. The van der Waals surface area contributed by atoms with E-state index in [2.05, 4.69) is 0 Å². The van der Waals surface area contributed by atoms with Gasteiger partial charge in [-0.1, -0.05) is 12.1 Å². The molecule has 2 aromatic carbocycles. The van der Waals surface area contributed by atoms with Crippen LogP contribution in [0.1, 0.15) is 24.4 Å². The highest BCUT2D eigenvalue weighted by Gasteiger charge is 2.39. The maximum absolute atomic E-state index is 14.1. The van der Waals surface area contributed by atoms with Crippen molar-refractivity contribution in [2.45, 2.75) is 23.8 Å². The van der Waals surface area contributed by atoms with E-state index in [9.17, 15) is 17.2 Å². The fraction of sp³-hybridized carbons (Fsp3) is 0.333. The Kier molecular flexibility index (Phi) is 4.32. The summed E-state index contributed by atoms with van der Waals surface area (Å²) >= 11 is 0. The molecule has 2 heterocycles. The number of fused-ring (bicyclic) bond motifs is 1. The highest BCUT2D eigenvalue weighted by Crippen LogP contribution is 2.41. The molecule has 0 radical (unpaired) electrons. The smallest absolute Gasteiger partial charge is 0.249 e. The van der Waals surface area contributed by atoms with Crippen LogP contribution in [0.15, 0.2) is 41.3 Å². The number of nitrogens with zero attached hydrogens (tertiary/aromatic N) is 1. The van der Waals surface area contributed by atoms with Crippen LogP contribution in [0.25, 0.3) is 0 Å². The molecule has 0 aromatic heterocycles. The molecule has 1 atom stereocenters. The number of hydrogen-bond acceptors (Lipinski definition) is 4. The number of ether oxygens (including phenoxy) is 2. The van der Waals surface area contributed by atoms with Gasteiger partial charge in [0.1, 0.15) is 24.8 Å². The third kappa shape index (κ3) is 2.83. The van der Waals surface area contributed by atoms with Gasteiger partial charge in [-0.15, -0.1) is 0 Å². The molecule has 138 valence electrons. The molecule has 2 aromatic rings. The van der Waals surface area contributed by atoms with Crippen LogP contribution in [0.5, 0.6) is 11.5 Å². The second-order valence-electron chi connectivity index (χ2n) is 6.23. The first-order valence-electron chi connectivity index (χ1n) is 8.34. The van der Waals surface area contributed by atoms with E-state index in [1.54, 1.807) is 18.2 Å². The molecule has 1 fully saturated rings. The summed E-state index contributed by atoms with van der Waals surface area (Å²) in [5.74, 6) is -1.02. The summed E-state index contributed by atoms with van der Waals surface area (Å²) in [6.07, 6.45) is 1.17. The second-order valence-corrected chi connectivity index (χ2v) is 8.06. The lowest BCUT2D eigenvalue weighted by Gasteiger charge is -2.26. The quantitative estimate of drug-likeness (QED) is 0.819. The molecule has 0 N–H and O–H groups in total. The fourth-order valence-electron chi connectivity index (χ4n) is 3.47. The fourth-order valence-corrected chi connectivity index (χ4v) is 5.27. The molecule has 2 aliphatic heterocycles.